The van der Waals surface area contributed by atoms with Crippen LogP contribution < -0.4 is 10.6 Å². The van der Waals surface area contributed by atoms with E-state index in [0.717, 1.165) is 6.07 Å². The Morgan fingerprint density at radius 2 is 2.00 bits per heavy atom. The highest BCUT2D eigenvalue weighted by Crippen LogP contribution is 2.34. The molecule has 0 saturated carbocycles. The first-order chi connectivity index (χ1) is 10.7. The van der Waals surface area contributed by atoms with Crippen LogP contribution in [0.4, 0.5) is 23.7 Å². The summed E-state index contributed by atoms with van der Waals surface area (Å²) < 4.78 is 38.9. The van der Waals surface area contributed by atoms with Gasteiger partial charge in [0.2, 0.25) is 5.91 Å². The quantitative estimate of drug-likeness (QED) is 0.876. The molecule has 126 valence electrons. The zero-order valence-electron chi connectivity index (χ0n) is 12.8. The van der Waals surface area contributed by atoms with Crippen molar-refractivity contribution < 1.29 is 22.8 Å². The van der Waals surface area contributed by atoms with Crippen molar-refractivity contribution in [3.05, 3.63) is 29.8 Å². The van der Waals surface area contributed by atoms with Gasteiger partial charge >= 0.3 is 12.2 Å². The average Bonchev–Trinajstić information content (AvgIpc) is 2.46. The van der Waals surface area contributed by atoms with Crippen LogP contribution in [0.15, 0.2) is 24.3 Å². The molecule has 1 atom stereocenters. The van der Waals surface area contributed by atoms with E-state index in [2.05, 4.69) is 10.6 Å². The molecule has 5 nitrogen and oxygen atoms in total. The van der Waals surface area contributed by atoms with Gasteiger partial charge in [0, 0.05) is 13.1 Å². The first kappa shape index (κ1) is 17.1. The highest BCUT2D eigenvalue weighted by Gasteiger charge is 2.37. The molecular weight excluding hydrogens is 311 g/mol. The zero-order chi connectivity index (χ0) is 17.2. The van der Waals surface area contributed by atoms with E-state index in [9.17, 15) is 22.8 Å². The fourth-order valence-corrected chi connectivity index (χ4v) is 2.60. The van der Waals surface area contributed by atoms with Gasteiger partial charge in [-0.3, -0.25) is 4.79 Å². The third-order valence-corrected chi connectivity index (χ3v) is 3.62. The molecule has 0 bridgehead atoms. The van der Waals surface area contributed by atoms with Crippen molar-refractivity contribution in [2.24, 2.45) is 5.92 Å². The lowest BCUT2D eigenvalue weighted by molar-refractivity contribution is -0.137. The summed E-state index contributed by atoms with van der Waals surface area (Å²) in [5, 5.41) is 4.94. The van der Waals surface area contributed by atoms with Gasteiger partial charge < -0.3 is 15.5 Å². The minimum Gasteiger partial charge on any atom is -0.353 e. The molecule has 1 aliphatic heterocycles. The summed E-state index contributed by atoms with van der Waals surface area (Å²) in [4.78, 5) is 25.6. The summed E-state index contributed by atoms with van der Waals surface area (Å²) in [5.41, 5.74) is -1.24. The largest absolute Gasteiger partial charge is 0.418 e. The third-order valence-electron chi connectivity index (χ3n) is 3.62. The maximum Gasteiger partial charge on any atom is 0.418 e. The lowest BCUT2D eigenvalue weighted by Crippen LogP contribution is -2.60. The number of benzene rings is 1. The maximum atomic E-state index is 13.0. The lowest BCUT2D eigenvalue weighted by atomic mass is 10.00. The zero-order valence-corrected chi connectivity index (χ0v) is 12.8. The second-order valence-electron chi connectivity index (χ2n) is 5.65. The SMILES string of the molecule is CC(C)[C@H]1C(=O)NCCN1C(=O)Nc1ccccc1C(F)(F)F. The molecular formula is C15H18F3N3O2. The molecule has 1 saturated heterocycles. The number of para-hydroxylation sites is 1. The summed E-state index contributed by atoms with van der Waals surface area (Å²) in [6.45, 7) is 4.07. The van der Waals surface area contributed by atoms with Gasteiger partial charge in [0.25, 0.3) is 0 Å². The van der Waals surface area contributed by atoms with Gasteiger partial charge in [0.1, 0.15) is 6.04 Å². The highest BCUT2D eigenvalue weighted by atomic mass is 19.4. The van der Waals surface area contributed by atoms with Gasteiger partial charge in [-0.05, 0) is 18.1 Å². The number of rotatable bonds is 2. The number of amides is 3. The summed E-state index contributed by atoms with van der Waals surface area (Å²) in [7, 11) is 0. The number of alkyl halides is 3. The normalized spacial score (nSPS) is 18.8. The number of nitrogens with one attached hydrogen (secondary N) is 2. The number of carbonyl (C=O) groups excluding carboxylic acids is 2. The van der Waals surface area contributed by atoms with Crippen LogP contribution in [0.25, 0.3) is 0 Å². The molecule has 2 rings (SSSR count). The number of anilines is 1. The monoisotopic (exact) mass is 329 g/mol. The van der Waals surface area contributed by atoms with Gasteiger partial charge in [-0.25, -0.2) is 4.79 Å². The van der Waals surface area contributed by atoms with E-state index in [0.29, 0.717) is 0 Å². The standard InChI is InChI=1S/C15H18F3N3O2/c1-9(2)12-13(22)19-7-8-21(12)14(23)20-11-6-4-3-5-10(11)15(16,17)18/h3-6,9,12H,7-8H2,1-2H3,(H,19,22)(H,20,23)/t12-/m0/s1. The van der Waals surface area contributed by atoms with Crippen molar-refractivity contribution in [2.75, 3.05) is 18.4 Å². The number of urea groups is 1. The molecule has 3 amide bonds. The predicted molar refractivity (Wildman–Crippen MR) is 78.8 cm³/mol. The van der Waals surface area contributed by atoms with E-state index in [1.807, 2.05) is 0 Å². The smallest absolute Gasteiger partial charge is 0.353 e. The topological polar surface area (TPSA) is 61.4 Å². The summed E-state index contributed by atoms with van der Waals surface area (Å²) in [5.74, 6) is -0.454. The van der Waals surface area contributed by atoms with Crippen LogP contribution in [0.3, 0.4) is 0 Å². The Kier molecular flexibility index (Phi) is 4.82. The van der Waals surface area contributed by atoms with Crippen molar-refractivity contribution in [3.63, 3.8) is 0 Å². The Hall–Kier alpha value is -2.25. The molecule has 0 radical (unpaired) electrons. The van der Waals surface area contributed by atoms with Gasteiger partial charge in [0.15, 0.2) is 0 Å². The van der Waals surface area contributed by atoms with Crippen LogP contribution in [0.5, 0.6) is 0 Å². The first-order valence-corrected chi connectivity index (χ1v) is 7.23. The maximum absolute atomic E-state index is 13.0. The van der Waals surface area contributed by atoms with E-state index in [-0.39, 0.29) is 30.6 Å². The molecule has 0 unspecified atom stereocenters. The molecule has 0 aromatic heterocycles. The molecule has 23 heavy (non-hydrogen) atoms. The summed E-state index contributed by atoms with van der Waals surface area (Å²) in [6.07, 6.45) is -4.57. The van der Waals surface area contributed by atoms with E-state index in [4.69, 9.17) is 0 Å². The molecule has 0 spiro atoms. The highest BCUT2D eigenvalue weighted by molar-refractivity contribution is 5.95. The second kappa shape index (κ2) is 6.47. The molecule has 1 aromatic carbocycles. The van der Waals surface area contributed by atoms with Crippen molar-refractivity contribution in [1.82, 2.24) is 10.2 Å². The third kappa shape index (κ3) is 3.75. The lowest BCUT2D eigenvalue weighted by Gasteiger charge is -2.37. The van der Waals surface area contributed by atoms with E-state index in [1.165, 1.54) is 23.1 Å². The Morgan fingerprint density at radius 1 is 1.35 bits per heavy atom. The van der Waals surface area contributed by atoms with Crippen LogP contribution in [0.1, 0.15) is 19.4 Å². The first-order valence-electron chi connectivity index (χ1n) is 7.23. The van der Waals surface area contributed by atoms with Crippen molar-refractivity contribution in [2.45, 2.75) is 26.1 Å². The van der Waals surface area contributed by atoms with Crippen LogP contribution in [-0.2, 0) is 11.0 Å². The van der Waals surface area contributed by atoms with Gasteiger partial charge in [-0.15, -0.1) is 0 Å². The van der Waals surface area contributed by atoms with Gasteiger partial charge in [0.05, 0.1) is 11.3 Å². The van der Waals surface area contributed by atoms with E-state index >= 15 is 0 Å². The van der Waals surface area contributed by atoms with Crippen LogP contribution in [0.2, 0.25) is 0 Å². The van der Waals surface area contributed by atoms with Crippen molar-refractivity contribution >= 4 is 17.6 Å². The van der Waals surface area contributed by atoms with Crippen LogP contribution >= 0.6 is 0 Å². The molecule has 0 aliphatic carbocycles. The fraction of sp³-hybridized carbons (Fsp3) is 0.467. The van der Waals surface area contributed by atoms with Gasteiger partial charge in [-0.1, -0.05) is 26.0 Å². The Bertz CT molecular complexity index is 602. The Balaban J connectivity index is 2.23. The number of halogens is 3. The molecule has 1 aliphatic rings. The Morgan fingerprint density at radius 3 is 2.61 bits per heavy atom. The molecule has 1 heterocycles. The summed E-state index contributed by atoms with van der Waals surface area (Å²) in [6, 6.07) is 3.34. The fourth-order valence-electron chi connectivity index (χ4n) is 2.60. The minimum atomic E-state index is -4.57. The van der Waals surface area contributed by atoms with Crippen molar-refractivity contribution in [1.29, 1.82) is 0 Å². The van der Waals surface area contributed by atoms with E-state index < -0.39 is 23.8 Å². The number of piperazine rings is 1. The second-order valence-corrected chi connectivity index (χ2v) is 5.65. The van der Waals surface area contributed by atoms with Crippen molar-refractivity contribution in [3.8, 4) is 0 Å². The number of carbonyl (C=O) groups is 2. The Labute approximate surface area is 131 Å². The van der Waals surface area contributed by atoms with Crippen LogP contribution in [0, 0.1) is 5.92 Å². The van der Waals surface area contributed by atoms with E-state index in [1.54, 1.807) is 13.8 Å². The van der Waals surface area contributed by atoms with Crippen LogP contribution in [-0.4, -0.2) is 36.0 Å². The molecule has 8 heteroatoms. The molecule has 2 N–H and O–H groups in total. The number of hydrogen-bond acceptors (Lipinski definition) is 2. The molecule has 1 aromatic rings. The number of hydrogen-bond donors (Lipinski definition) is 2. The molecule has 1 fully saturated rings. The number of nitrogens with zero attached hydrogens (tertiary/aromatic N) is 1. The van der Waals surface area contributed by atoms with Gasteiger partial charge in [-0.2, -0.15) is 13.2 Å². The minimum absolute atomic E-state index is 0.154. The summed E-state index contributed by atoms with van der Waals surface area (Å²) >= 11 is 0. The average molecular weight is 329 g/mol. The predicted octanol–water partition coefficient (Wildman–Crippen LogP) is 2.69.